The molecule has 1 aliphatic rings. The molecule has 1 heterocycles. The molecular weight excluding hydrogens is 495 g/mol. The summed E-state index contributed by atoms with van der Waals surface area (Å²) < 4.78 is 24.8. The Bertz CT molecular complexity index is 1360. The molecule has 37 heavy (non-hydrogen) atoms. The van der Waals surface area contributed by atoms with E-state index in [-0.39, 0.29) is 4.91 Å². The SMILES string of the molecule is CCOc1cc(/C=C2\SC(=O)N(CC(=O)Nc3ccc(F)cc3)C2=O)ccc1OCc1cccc(C)c1. The first-order valence-corrected chi connectivity index (χ1v) is 12.4. The second-order valence-corrected chi connectivity index (χ2v) is 9.23. The standard InChI is InChI=1S/C28H25FN2O5S/c1-3-35-24-14-19(7-12-23(24)36-17-20-6-4-5-18(2)13-20)15-25-27(33)31(28(34)37-25)16-26(32)30-22-10-8-21(29)9-11-22/h4-15H,3,16-17H2,1-2H3,(H,30,32)/b25-15-. The first-order valence-electron chi connectivity index (χ1n) is 11.6. The highest BCUT2D eigenvalue weighted by atomic mass is 32.2. The molecular formula is C28H25FN2O5S. The topological polar surface area (TPSA) is 84.9 Å². The van der Waals surface area contributed by atoms with Gasteiger partial charge in [0, 0.05) is 5.69 Å². The second-order valence-electron chi connectivity index (χ2n) is 8.24. The number of carbonyl (C=O) groups excluding carboxylic acids is 3. The molecule has 0 unspecified atom stereocenters. The van der Waals surface area contributed by atoms with Gasteiger partial charge in [0.2, 0.25) is 5.91 Å². The number of carbonyl (C=O) groups is 3. The summed E-state index contributed by atoms with van der Waals surface area (Å²) in [4.78, 5) is 38.7. The molecule has 1 fully saturated rings. The van der Waals surface area contributed by atoms with Gasteiger partial charge in [-0.3, -0.25) is 19.3 Å². The average molecular weight is 521 g/mol. The van der Waals surface area contributed by atoms with E-state index >= 15 is 0 Å². The summed E-state index contributed by atoms with van der Waals surface area (Å²) in [6.07, 6.45) is 1.58. The molecule has 9 heteroatoms. The third kappa shape index (κ3) is 6.77. The van der Waals surface area contributed by atoms with Crippen molar-refractivity contribution in [1.29, 1.82) is 0 Å². The lowest BCUT2D eigenvalue weighted by molar-refractivity contribution is -0.127. The molecule has 3 aromatic carbocycles. The number of aryl methyl sites for hydroxylation is 1. The molecule has 0 spiro atoms. The Balaban J connectivity index is 1.44. The van der Waals surface area contributed by atoms with Crippen LogP contribution in [0.25, 0.3) is 6.08 Å². The van der Waals surface area contributed by atoms with Crippen molar-refractivity contribution in [2.45, 2.75) is 20.5 Å². The van der Waals surface area contributed by atoms with E-state index in [1.807, 2.05) is 38.1 Å². The molecule has 1 N–H and O–H groups in total. The summed E-state index contributed by atoms with van der Waals surface area (Å²) in [6.45, 7) is 4.22. The zero-order valence-corrected chi connectivity index (χ0v) is 21.1. The lowest BCUT2D eigenvalue weighted by Gasteiger charge is -2.13. The van der Waals surface area contributed by atoms with Crippen LogP contribution in [0.5, 0.6) is 11.5 Å². The number of hydrogen-bond donors (Lipinski definition) is 1. The van der Waals surface area contributed by atoms with Crippen LogP contribution in [-0.4, -0.2) is 35.1 Å². The van der Waals surface area contributed by atoms with Crippen molar-refractivity contribution in [1.82, 2.24) is 4.90 Å². The number of amides is 3. The first kappa shape index (κ1) is 26.0. The fourth-order valence-electron chi connectivity index (χ4n) is 3.63. The Hall–Kier alpha value is -4.11. The van der Waals surface area contributed by atoms with Gasteiger partial charge in [-0.05, 0) is 79.2 Å². The van der Waals surface area contributed by atoms with Crippen molar-refractivity contribution in [3.8, 4) is 11.5 Å². The Morgan fingerprint density at radius 2 is 1.81 bits per heavy atom. The minimum Gasteiger partial charge on any atom is -0.490 e. The third-order valence-electron chi connectivity index (χ3n) is 5.35. The summed E-state index contributed by atoms with van der Waals surface area (Å²) in [5.41, 5.74) is 3.18. The number of halogens is 1. The molecule has 7 nitrogen and oxygen atoms in total. The number of ether oxygens (including phenoxy) is 2. The van der Waals surface area contributed by atoms with Gasteiger partial charge in [0.25, 0.3) is 11.1 Å². The number of thioether (sulfide) groups is 1. The van der Waals surface area contributed by atoms with Crippen molar-refractivity contribution in [3.05, 3.63) is 94.1 Å². The van der Waals surface area contributed by atoms with Crippen LogP contribution in [0.3, 0.4) is 0 Å². The van der Waals surface area contributed by atoms with Gasteiger partial charge in [-0.2, -0.15) is 0 Å². The van der Waals surface area contributed by atoms with E-state index < -0.39 is 29.4 Å². The zero-order valence-electron chi connectivity index (χ0n) is 20.3. The predicted octanol–water partition coefficient (Wildman–Crippen LogP) is 5.79. The molecule has 0 bridgehead atoms. The van der Waals surface area contributed by atoms with Gasteiger partial charge < -0.3 is 14.8 Å². The number of benzene rings is 3. The fraction of sp³-hybridized carbons (Fsp3) is 0.179. The van der Waals surface area contributed by atoms with Gasteiger partial charge in [-0.25, -0.2) is 4.39 Å². The maximum Gasteiger partial charge on any atom is 0.294 e. The number of rotatable bonds is 9. The maximum absolute atomic E-state index is 13.1. The highest BCUT2D eigenvalue weighted by molar-refractivity contribution is 8.18. The number of hydrogen-bond acceptors (Lipinski definition) is 6. The van der Waals surface area contributed by atoms with Gasteiger partial charge in [0.15, 0.2) is 11.5 Å². The summed E-state index contributed by atoms with van der Waals surface area (Å²) in [5.74, 6) is -0.494. The Kier molecular flexibility index (Phi) is 8.25. The normalized spacial score (nSPS) is 14.2. The van der Waals surface area contributed by atoms with E-state index in [1.54, 1.807) is 24.3 Å². The van der Waals surface area contributed by atoms with Crippen molar-refractivity contribution in [2.75, 3.05) is 18.5 Å². The number of nitrogens with zero attached hydrogens (tertiary/aromatic N) is 1. The van der Waals surface area contributed by atoms with E-state index in [2.05, 4.69) is 5.32 Å². The molecule has 190 valence electrons. The van der Waals surface area contributed by atoms with Crippen LogP contribution in [0.4, 0.5) is 14.9 Å². The van der Waals surface area contributed by atoms with Gasteiger partial charge in [0.1, 0.15) is 19.0 Å². The van der Waals surface area contributed by atoms with Crippen LogP contribution in [0.15, 0.2) is 71.6 Å². The number of anilines is 1. The van der Waals surface area contributed by atoms with Crippen LogP contribution in [-0.2, 0) is 16.2 Å². The highest BCUT2D eigenvalue weighted by Gasteiger charge is 2.36. The molecule has 0 aliphatic carbocycles. The van der Waals surface area contributed by atoms with E-state index in [4.69, 9.17) is 9.47 Å². The van der Waals surface area contributed by atoms with Crippen molar-refractivity contribution >= 4 is 40.6 Å². The van der Waals surface area contributed by atoms with E-state index in [1.165, 1.54) is 24.3 Å². The Morgan fingerprint density at radius 3 is 2.54 bits per heavy atom. The average Bonchev–Trinajstić information content (AvgIpc) is 3.12. The summed E-state index contributed by atoms with van der Waals surface area (Å²) in [6, 6.07) is 18.5. The van der Waals surface area contributed by atoms with Crippen LogP contribution in [0.1, 0.15) is 23.6 Å². The minimum atomic E-state index is -0.568. The summed E-state index contributed by atoms with van der Waals surface area (Å²) in [5, 5.41) is 2.00. The van der Waals surface area contributed by atoms with Crippen LogP contribution in [0, 0.1) is 12.7 Å². The monoisotopic (exact) mass is 520 g/mol. The quantitative estimate of drug-likeness (QED) is 0.360. The molecule has 1 aliphatic heterocycles. The highest BCUT2D eigenvalue weighted by Crippen LogP contribution is 2.35. The minimum absolute atomic E-state index is 0.190. The van der Waals surface area contributed by atoms with Gasteiger partial charge >= 0.3 is 0 Å². The Labute approximate surface area is 218 Å². The van der Waals surface area contributed by atoms with Gasteiger partial charge in [-0.1, -0.05) is 35.9 Å². The molecule has 0 aromatic heterocycles. The second kappa shape index (κ2) is 11.7. The predicted molar refractivity (Wildman–Crippen MR) is 141 cm³/mol. The largest absolute Gasteiger partial charge is 0.490 e. The molecule has 0 atom stereocenters. The van der Waals surface area contributed by atoms with E-state index in [0.717, 1.165) is 27.8 Å². The van der Waals surface area contributed by atoms with Crippen LogP contribution in [0.2, 0.25) is 0 Å². The molecule has 0 radical (unpaired) electrons. The maximum atomic E-state index is 13.1. The molecule has 3 aromatic rings. The number of imide groups is 1. The van der Waals surface area contributed by atoms with Gasteiger partial charge in [-0.15, -0.1) is 0 Å². The first-order chi connectivity index (χ1) is 17.8. The van der Waals surface area contributed by atoms with E-state index in [0.29, 0.717) is 36.0 Å². The fourth-order valence-corrected chi connectivity index (χ4v) is 4.47. The smallest absolute Gasteiger partial charge is 0.294 e. The van der Waals surface area contributed by atoms with Crippen molar-refractivity contribution < 1.29 is 28.2 Å². The lowest BCUT2D eigenvalue weighted by atomic mass is 10.1. The van der Waals surface area contributed by atoms with Crippen LogP contribution < -0.4 is 14.8 Å². The third-order valence-corrected chi connectivity index (χ3v) is 6.25. The molecule has 1 saturated heterocycles. The summed E-state index contributed by atoms with van der Waals surface area (Å²) in [7, 11) is 0. The van der Waals surface area contributed by atoms with E-state index in [9.17, 15) is 18.8 Å². The van der Waals surface area contributed by atoms with Crippen molar-refractivity contribution in [3.63, 3.8) is 0 Å². The van der Waals surface area contributed by atoms with Crippen molar-refractivity contribution in [2.24, 2.45) is 0 Å². The van der Waals surface area contributed by atoms with Gasteiger partial charge in [0.05, 0.1) is 11.5 Å². The molecule has 3 amide bonds. The summed E-state index contributed by atoms with van der Waals surface area (Å²) >= 11 is 0.756. The lowest BCUT2D eigenvalue weighted by Crippen LogP contribution is -2.36. The Morgan fingerprint density at radius 1 is 1.03 bits per heavy atom. The number of nitrogens with one attached hydrogen (secondary N) is 1. The molecule has 0 saturated carbocycles. The zero-order chi connectivity index (χ0) is 26.4. The molecule has 4 rings (SSSR count). The van der Waals surface area contributed by atoms with Crippen LogP contribution >= 0.6 is 11.8 Å².